The molecule has 0 aromatic heterocycles. The van der Waals surface area contributed by atoms with Crippen LogP contribution in [0.1, 0.15) is 15.9 Å². The number of rotatable bonds is 5. The second-order valence-electron chi connectivity index (χ2n) is 4.41. The number of thioether (sulfide) groups is 1. The second kappa shape index (κ2) is 7.17. The number of aromatic hydroxyl groups is 1. The topological polar surface area (TPSA) is 55.8 Å². The van der Waals surface area contributed by atoms with Gasteiger partial charge in [0.05, 0.1) is 14.2 Å². The highest BCUT2D eigenvalue weighted by Gasteiger charge is 2.19. The third-order valence-electron chi connectivity index (χ3n) is 3.01. The lowest BCUT2D eigenvalue weighted by Gasteiger charge is -2.12. The van der Waals surface area contributed by atoms with Crippen molar-refractivity contribution in [2.45, 2.75) is 10.6 Å². The molecule has 0 radical (unpaired) electrons. The molecule has 0 aliphatic heterocycles. The molecule has 0 saturated heterocycles. The maximum absolute atomic E-state index is 12.9. The van der Waals surface area contributed by atoms with Gasteiger partial charge < -0.3 is 14.6 Å². The molecule has 1 N–H and O–H groups in total. The molecule has 0 amide bonds. The van der Waals surface area contributed by atoms with Crippen molar-refractivity contribution in [2.24, 2.45) is 0 Å². The summed E-state index contributed by atoms with van der Waals surface area (Å²) in [4.78, 5) is 12.7. The fourth-order valence-corrected chi connectivity index (χ4v) is 2.80. The molecular formula is C16H15FO4S. The van der Waals surface area contributed by atoms with Crippen LogP contribution in [-0.2, 0) is 10.5 Å². The number of methoxy groups -OCH3 is 2. The second-order valence-corrected chi connectivity index (χ2v) is 5.46. The molecule has 0 heterocycles. The van der Waals surface area contributed by atoms with Crippen LogP contribution in [0.4, 0.5) is 4.39 Å². The molecule has 0 bridgehead atoms. The maximum atomic E-state index is 12.9. The zero-order valence-corrected chi connectivity index (χ0v) is 12.9. The first-order valence-corrected chi connectivity index (χ1v) is 7.40. The highest BCUT2D eigenvalue weighted by molar-refractivity contribution is 7.98. The van der Waals surface area contributed by atoms with Crippen LogP contribution < -0.4 is 4.74 Å². The number of phenolic OH excluding ortho intramolecular Hbond substituents is 1. The van der Waals surface area contributed by atoms with Crippen molar-refractivity contribution in [2.75, 3.05) is 14.2 Å². The smallest absolute Gasteiger partial charge is 0.341 e. The molecule has 0 spiro atoms. The van der Waals surface area contributed by atoms with E-state index in [1.807, 2.05) is 0 Å². The SMILES string of the molecule is COC(=O)c1c(O)cc(OC)cc1CSc1ccc(F)cc1. The van der Waals surface area contributed by atoms with Gasteiger partial charge in [0, 0.05) is 16.7 Å². The van der Waals surface area contributed by atoms with Crippen LogP contribution in [0.15, 0.2) is 41.3 Å². The van der Waals surface area contributed by atoms with Crippen molar-refractivity contribution < 1.29 is 23.8 Å². The van der Waals surface area contributed by atoms with E-state index in [-0.39, 0.29) is 17.1 Å². The van der Waals surface area contributed by atoms with Gasteiger partial charge in [-0.2, -0.15) is 0 Å². The summed E-state index contributed by atoms with van der Waals surface area (Å²) in [6, 6.07) is 9.07. The van der Waals surface area contributed by atoms with E-state index in [1.54, 1.807) is 18.2 Å². The van der Waals surface area contributed by atoms with Crippen molar-refractivity contribution >= 4 is 17.7 Å². The molecule has 4 nitrogen and oxygen atoms in total. The van der Waals surface area contributed by atoms with E-state index >= 15 is 0 Å². The summed E-state index contributed by atoms with van der Waals surface area (Å²) in [6.07, 6.45) is 0. The van der Waals surface area contributed by atoms with Gasteiger partial charge in [-0.1, -0.05) is 0 Å². The standard InChI is InChI=1S/C16H15FO4S/c1-20-12-7-10(15(14(18)8-12)16(19)21-2)9-22-13-5-3-11(17)4-6-13/h3-8,18H,9H2,1-2H3. The maximum Gasteiger partial charge on any atom is 0.341 e. The molecule has 0 fully saturated rings. The summed E-state index contributed by atoms with van der Waals surface area (Å²) in [5, 5.41) is 10.00. The zero-order valence-electron chi connectivity index (χ0n) is 12.1. The lowest BCUT2D eigenvalue weighted by molar-refractivity contribution is 0.0596. The van der Waals surface area contributed by atoms with Gasteiger partial charge in [-0.3, -0.25) is 0 Å². The summed E-state index contributed by atoms with van der Waals surface area (Å²) < 4.78 is 22.7. The number of halogens is 1. The zero-order chi connectivity index (χ0) is 16.1. The van der Waals surface area contributed by atoms with Gasteiger partial charge in [0.1, 0.15) is 22.9 Å². The van der Waals surface area contributed by atoms with Gasteiger partial charge >= 0.3 is 5.97 Å². The van der Waals surface area contributed by atoms with E-state index < -0.39 is 5.97 Å². The quantitative estimate of drug-likeness (QED) is 0.673. The normalized spacial score (nSPS) is 10.3. The molecule has 6 heteroatoms. The van der Waals surface area contributed by atoms with Gasteiger partial charge in [0.15, 0.2) is 0 Å². The summed E-state index contributed by atoms with van der Waals surface area (Å²) in [5.41, 5.74) is 0.691. The third kappa shape index (κ3) is 3.71. The van der Waals surface area contributed by atoms with Crippen LogP contribution in [0.2, 0.25) is 0 Å². The van der Waals surface area contributed by atoms with E-state index in [0.29, 0.717) is 17.1 Å². The fourth-order valence-electron chi connectivity index (χ4n) is 1.92. The van der Waals surface area contributed by atoms with E-state index in [1.165, 1.54) is 44.2 Å². The lowest BCUT2D eigenvalue weighted by atomic mass is 10.1. The monoisotopic (exact) mass is 322 g/mol. The van der Waals surface area contributed by atoms with Crippen molar-refractivity contribution in [1.82, 2.24) is 0 Å². The molecule has 22 heavy (non-hydrogen) atoms. The lowest BCUT2D eigenvalue weighted by Crippen LogP contribution is -2.06. The minimum absolute atomic E-state index is 0.109. The Kier molecular flexibility index (Phi) is 5.27. The van der Waals surface area contributed by atoms with Crippen molar-refractivity contribution in [3.05, 3.63) is 53.3 Å². The molecule has 2 aromatic rings. The first kappa shape index (κ1) is 16.2. The van der Waals surface area contributed by atoms with Crippen LogP contribution in [0.25, 0.3) is 0 Å². The number of phenols is 1. The largest absolute Gasteiger partial charge is 0.507 e. The van der Waals surface area contributed by atoms with Gasteiger partial charge in [0.2, 0.25) is 0 Å². The Balaban J connectivity index is 2.29. The molecule has 0 atom stereocenters. The van der Waals surface area contributed by atoms with E-state index in [9.17, 15) is 14.3 Å². The van der Waals surface area contributed by atoms with E-state index in [4.69, 9.17) is 9.47 Å². The minimum Gasteiger partial charge on any atom is -0.507 e. The summed E-state index contributed by atoms with van der Waals surface area (Å²) in [5.74, 6) is -0.268. The van der Waals surface area contributed by atoms with Crippen LogP contribution in [0, 0.1) is 5.82 Å². The number of carbonyl (C=O) groups excluding carboxylic acids is 1. The number of carbonyl (C=O) groups is 1. The van der Waals surface area contributed by atoms with E-state index in [0.717, 1.165) is 4.90 Å². The number of benzene rings is 2. The van der Waals surface area contributed by atoms with Crippen LogP contribution >= 0.6 is 11.8 Å². The van der Waals surface area contributed by atoms with Crippen LogP contribution in [0.5, 0.6) is 11.5 Å². The first-order valence-electron chi connectivity index (χ1n) is 6.41. The Morgan fingerprint density at radius 2 is 1.91 bits per heavy atom. The molecule has 0 saturated carbocycles. The molecule has 116 valence electrons. The molecule has 0 aliphatic rings. The predicted molar refractivity (Wildman–Crippen MR) is 82.0 cm³/mol. The summed E-state index contributed by atoms with van der Waals surface area (Å²) >= 11 is 1.41. The Morgan fingerprint density at radius 1 is 1.23 bits per heavy atom. The average Bonchev–Trinajstić information content (AvgIpc) is 2.53. The molecule has 0 aliphatic carbocycles. The van der Waals surface area contributed by atoms with Crippen molar-refractivity contribution in [1.29, 1.82) is 0 Å². The molecule has 0 unspecified atom stereocenters. The van der Waals surface area contributed by atoms with Gasteiger partial charge in [-0.15, -0.1) is 11.8 Å². The Bertz CT molecular complexity index is 671. The van der Waals surface area contributed by atoms with Gasteiger partial charge in [-0.25, -0.2) is 9.18 Å². The third-order valence-corrected chi connectivity index (χ3v) is 4.07. The van der Waals surface area contributed by atoms with Gasteiger partial charge in [0.25, 0.3) is 0 Å². The molecule has 2 aromatic carbocycles. The number of esters is 1. The first-order chi connectivity index (χ1) is 10.5. The van der Waals surface area contributed by atoms with Gasteiger partial charge in [-0.05, 0) is 35.9 Å². The number of ether oxygens (including phenoxy) is 2. The Morgan fingerprint density at radius 3 is 2.50 bits per heavy atom. The average molecular weight is 322 g/mol. The highest BCUT2D eigenvalue weighted by atomic mass is 32.2. The van der Waals surface area contributed by atoms with Crippen LogP contribution in [-0.4, -0.2) is 25.3 Å². The number of hydrogen-bond donors (Lipinski definition) is 1. The fraction of sp³-hybridized carbons (Fsp3) is 0.188. The summed E-state index contributed by atoms with van der Waals surface area (Å²) in [7, 11) is 2.73. The molecular weight excluding hydrogens is 307 g/mol. The minimum atomic E-state index is -0.616. The summed E-state index contributed by atoms with van der Waals surface area (Å²) in [6.45, 7) is 0. The Hall–Kier alpha value is -2.21. The molecule has 2 rings (SSSR count). The van der Waals surface area contributed by atoms with Crippen molar-refractivity contribution in [3.63, 3.8) is 0 Å². The Labute approximate surface area is 131 Å². The predicted octanol–water partition coefficient (Wildman–Crippen LogP) is 3.62. The van der Waals surface area contributed by atoms with Crippen molar-refractivity contribution in [3.8, 4) is 11.5 Å². The number of hydrogen-bond acceptors (Lipinski definition) is 5. The highest BCUT2D eigenvalue weighted by Crippen LogP contribution is 2.33. The van der Waals surface area contributed by atoms with Crippen LogP contribution in [0.3, 0.4) is 0 Å². The van der Waals surface area contributed by atoms with E-state index in [2.05, 4.69) is 0 Å².